The highest BCUT2D eigenvalue weighted by atomic mass is 19.1. The first-order chi connectivity index (χ1) is 18.7. The maximum absolute atomic E-state index is 14.9. The lowest BCUT2D eigenvalue weighted by Crippen LogP contribution is -2.38. The van der Waals surface area contributed by atoms with Crippen molar-refractivity contribution >= 4 is 23.1 Å². The van der Waals surface area contributed by atoms with Gasteiger partial charge in [-0.3, -0.25) is 14.2 Å². The van der Waals surface area contributed by atoms with Crippen LogP contribution in [0, 0.1) is 18.6 Å². The molecule has 200 valence electrons. The molecule has 1 aliphatic heterocycles. The molecule has 2 heterocycles. The first-order valence-corrected chi connectivity index (χ1v) is 12.7. The van der Waals surface area contributed by atoms with E-state index in [1.165, 1.54) is 28.8 Å². The third kappa shape index (κ3) is 5.31. The zero-order chi connectivity index (χ0) is 27.7. The lowest BCUT2D eigenvalue weighted by atomic mass is 10.1. The van der Waals surface area contributed by atoms with E-state index in [4.69, 9.17) is 0 Å². The molecular weight excluding hydrogens is 500 g/mol. The molecule has 0 bridgehead atoms. The van der Waals surface area contributed by atoms with Gasteiger partial charge < -0.3 is 15.5 Å². The minimum atomic E-state index is -0.529. The minimum Gasteiger partial charge on any atom is -0.341 e. The number of hydrogen-bond donors (Lipinski definition) is 2. The second-order valence-corrected chi connectivity index (χ2v) is 9.69. The molecule has 1 atom stereocenters. The van der Waals surface area contributed by atoms with E-state index in [1.54, 1.807) is 26.2 Å². The fourth-order valence-corrected chi connectivity index (χ4v) is 4.86. The van der Waals surface area contributed by atoms with Crippen molar-refractivity contribution in [1.82, 2.24) is 14.9 Å². The van der Waals surface area contributed by atoms with Gasteiger partial charge in [0.1, 0.15) is 11.6 Å². The molecule has 0 spiro atoms. The van der Waals surface area contributed by atoms with E-state index in [2.05, 4.69) is 15.6 Å². The number of rotatable bonds is 7. The molecule has 2 N–H and O–H groups in total. The smallest absolute Gasteiger partial charge is 0.294 e. The molecule has 39 heavy (non-hydrogen) atoms. The number of fused-ring (bicyclic) bond motifs is 1. The third-order valence-electron chi connectivity index (χ3n) is 7.08. The largest absolute Gasteiger partial charge is 0.341 e. The van der Waals surface area contributed by atoms with Gasteiger partial charge >= 0.3 is 0 Å². The van der Waals surface area contributed by atoms with Crippen molar-refractivity contribution in [3.63, 3.8) is 0 Å². The van der Waals surface area contributed by atoms with Gasteiger partial charge in [0, 0.05) is 23.5 Å². The van der Waals surface area contributed by atoms with E-state index < -0.39 is 23.3 Å². The van der Waals surface area contributed by atoms with Crippen LogP contribution in [0.15, 0.2) is 71.7 Å². The molecule has 7 nitrogen and oxygen atoms in total. The van der Waals surface area contributed by atoms with E-state index in [0.717, 1.165) is 22.4 Å². The van der Waals surface area contributed by atoms with Gasteiger partial charge in [-0.05, 0) is 80.4 Å². The Bertz CT molecular complexity index is 1620. The minimum absolute atomic E-state index is 0.0460. The second kappa shape index (κ2) is 10.8. The summed E-state index contributed by atoms with van der Waals surface area (Å²) in [5.74, 6) is -1.25. The van der Waals surface area contributed by atoms with Crippen molar-refractivity contribution < 1.29 is 13.6 Å². The lowest BCUT2D eigenvalue weighted by Gasteiger charge is -2.21. The second-order valence-electron chi connectivity index (χ2n) is 9.69. The zero-order valence-corrected chi connectivity index (χ0v) is 22.0. The van der Waals surface area contributed by atoms with E-state index in [1.807, 2.05) is 42.2 Å². The van der Waals surface area contributed by atoms with E-state index in [-0.39, 0.29) is 18.2 Å². The summed E-state index contributed by atoms with van der Waals surface area (Å²) in [5.41, 5.74) is 4.66. The average Bonchev–Trinajstić information content (AvgIpc) is 3.34. The summed E-state index contributed by atoms with van der Waals surface area (Å²) in [6.45, 7) is 4.24. The average molecular weight is 530 g/mol. The molecule has 1 amide bonds. The molecular formula is C30H29F2N5O2. The fourth-order valence-electron chi connectivity index (χ4n) is 4.86. The van der Waals surface area contributed by atoms with E-state index in [9.17, 15) is 18.4 Å². The monoisotopic (exact) mass is 529 g/mol. The van der Waals surface area contributed by atoms with Crippen molar-refractivity contribution in [2.75, 3.05) is 23.8 Å². The molecule has 9 heteroatoms. The zero-order valence-electron chi connectivity index (χ0n) is 22.0. The maximum Gasteiger partial charge on any atom is 0.294 e. The molecule has 0 aliphatic carbocycles. The van der Waals surface area contributed by atoms with Crippen LogP contribution in [-0.2, 0) is 17.8 Å². The Morgan fingerprint density at radius 1 is 1.08 bits per heavy atom. The van der Waals surface area contributed by atoms with E-state index >= 15 is 0 Å². The molecule has 1 aromatic heterocycles. The van der Waals surface area contributed by atoms with Crippen LogP contribution in [0.5, 0.6) is 0 Å². The molecule has 5 rings (SSSR count). The summed E-state index contributed by atoms with van der Waals surface area (Å²) < 4.78 is 30.2. The standard InChI is InChI=1S/C30H29F2N5O2/c1-18-6-4-5-7-25(18)27-16-34-28(35-29(38)19(2)33-3)30(39)37(27)17-20-12-23(32)15-24(13-20)36-11-10-21-14-22(31)8-9-26(21)36/h4-9,12-16,19,33H,10-11,17H2,1-3H3,(H,34,35,38). The van der Waals surface area contributed by atoms with Gasteiger partial charge in [-0.15, -0.1) is 0 Å². The molecule has 3 aromatic carbocycles. The Labute approximate surface area is 225 Å². The van der Waals surface area contributed by atoms with Crippen LogP contribution in [0.1, 0.15) is 23.6 Å². The van der Waals surface area contributed by atoms with Crippen LogP contribution in [0.3, 0.4) is 0 Å². The predicted octanol–water partition coefficient (Wildman–Crippen LogP) is 4.79. The van der Waals surface area contributed by atoms with Crippen molar-refractivity contribution in [3.05, 3.63) is 106 Å². The van der Waals surface area contributed by atoms with Crippen molar-refractivity contribution in [2.24, 2.45) is 0 Å². The number of carbonyl (C=O) groups is 1. The first-order valence-electron chi connectivity index (χ1n) is 12.7. The molecule has 1 aliphatic rings. The number of anilines is 3. The number of hydrogen-bond acceptors (Lipinski definition) is 5. The number of carbonyl (C=O) groups excluding carboxylic acids is 1. The third-order valence-corrected chi connectivity index (χ3v) is 7.08. The first kappa shape index (κ1) is 26.2. The highest BCUT2D eigenvalue weighted by molar-refractivity contribution is 5.93. The highest BCUT2D eigenvalue weighted by Crippen LogP contribution is 2.36. The number of benzene rings is 3. The van der Waals surface area contributed by atoms with Crippen molar-refractivity contribution in [3.8, 4) is 11.3 Å². The van der Waals surface area contributed by atoms with Crippen LogP contribution >= 0.6 is 0 Å². The Hall–Kier alpha value is -4.37. The Kier molecular flexibility index (Phi) is 7.26. The van der Waals surface area contributed by atoms with Gasteiger partial charge in [-0.2, -0.15) is 0 Å². The topological polar surface area (TPSA) is 79.3 Å². The van der Waals surface area contributed by atoms with Crippen molar-refractivity contribution in [1.29, 1.82) is 0 Å². The number of aromatic nitrogens is 2. The summed E-state index contributed by atoms with van der Waals surface area (Å²) in [5, 5.41) is 5.44. The normalized spacial score (nSPS) is 13.3. The summed E-state index contributed by atoms with van der Waals surface area (Å²) >= 11 is 0. The van der Waals surface area contributed by atoms with Crippen LogP contribution in [0.2, 0.25) is 0 Å². The van der Waals surface area contributed by atoms with Crippen LogP contribution < -0.4 is 21.1 Å². The Morgan fingerprint density at radius 3 is 2.64 bits per heavy atom. The number of nitrogens with one attached hydrogen (secondary N) is 2. The van der Waals surface area contributed by atoms with Gasteiger partial charge in [0.15, 0.2) is 5.82 Å². The number of halogens is 2. The molecule has 0 fully saturated rings. The van der Waals surface area contributed by atoms with Crippen LogP contribution in [-0.4, -0.2) is 35.1 Å². The van der Waals surface area contributed by atoms with Crippen molar-refractivity contribution in [2.45, 2.75) is 32.9 Å². The van der Waals surface area contributed by atoms with E-state index in [0.29, 0.717) is 29.9 Å². The van der Waals surface area contributed by atoms with Gasteiger partial charge in [-0.1, -0.05) is 24.3 Å². The summed E-state index contributed by atoms with van der Waals surface area (Å²) in [6.07, 6.45) is 2.20. The lowest BCUT2D eigenvalue weighted by molar-refractivity contribution is -0.117. The number of amides is 1. The molecule has 0 radical (unpaired) electrons. The Morgan fingerprint density at radius 2 is 1.87 bits per heavy atom. The van der Waals surface area contributed by atoms with Gasteiger partial charge in [-0.25, -0.2) is 13.8 Å². The number of aryl methyl sites for hydroxylation is 1. The van der Waals surface area contributed by atoms with Gasteiger partial charge in [0.25, 0.3) is 5.56 Å². The van der Waals surface area contributed by atoms with Gasteiger partial charge in [0.05, 0.1) is 24.5 Å². The van der Waals surface area contributed by atoms with Crippen LogP contribution in [0.4, 0.5) is 26.0 Å². The molecule has 4 aromatic rings. The predicted molar refractivity (Wildman–Crippen MR) is 148 cm³/mol. The van der Waals surface area contributed by atoms with Gasteiger partial charge in [0.2, 0.25) is 5.91 Å². The Balaban J connectivity index is 1.57. The molecule has 1 unspecified atom stereocenters. The fraction of sp³-hybridized carbons (Fsp3) is 0.233. The SMILES string of the molecule is CNC(C)C(=O)Nc1ncc(-c2ccccc2C)n(Cc2cc(F)cc(N3CCc4cc(F)ccc43)c2)c1=O. The summed E-state index contributed by atoms with van der Waals surface area (Å²) in [4.78, 5) is 32.4. The number of likely N-dealkylation sites (N-methyl/N-ethyl adjacent to an activating group) is 1. The van der Waals surface area contributed by atoms with Crippen LogP contribution in [0.25, 0.3) is 11.3 Å². The highest BCUT2D eigenvalue weighted by Gasteiger charge is 2.23. The molecule has 0 saturated heterocycles. The summed E-state index contributed by atoms with van der Waals surface area (Å²) in [7, 11) is 1.65. The quantitative estimate of drug-likeness (QED) is 0.360. The summed E-state index contributed by atoms with van der Waals surface area (Å²) in [6, 6.07) is 16.3. The molecule has 0 saturated carbocycles. The maximum atomic E-state index is 14.9. The number of nitrogens with zero attached hydrogens (tertiary/aromatic N) is 3.